The molecular weight excluding hydrogens is 165 g/mol. The highest BCUT2D eigenvalue weighted by atomic mass is 19.1. The quantitative estimate of drug-likeness (QED) is 0.625. The summed E-state index contributed by atoms with van der Waals surface area (Å²) in [4.78, 5) is 4.39. The van der Waals surface area contributed by atoms with Crippen molar-refractivity contribution >= 4 is 5.71 Å². The van der Waals surface area contributed by atoms with Gasteiger partial charge >= 0.3 is 0 Å². The minimum absolute atomic E-state index is 0.175. The van der Waals surface area contributed by atoms with Crippen molar-refractivity contribution in [3.8, 4) is 0 Å². The molecular formula is C11H12FN. The van der Waals surface area contributed by atoms with Crippen LogP contribution in [0.2, 0.25) is 0 Å². The highest BCUT2D eigenvalue weighted by molar-refractivity contribution is 6.00. The normalized spacial score (nSPS) is 16.8. The third-order valence-corrected chi connectivity index (χ3v) is 2.28. The van der Waals surface area contributed by atoms with E-state index in [0.29, 0.717) is 0 Å². The van der Waals surface area contributed by atoms with Crippen LogP contribution in [0.15, 0.2) is 29.3 Å². The van der Waals surface area contributed by atoms with Crippen molar-refractivity contribution in [2.45, 2.75) is 19.3 Å². The van der Waals surface area contributed by atoms with Crippen LogP contribution in [-0.4, -0.2) is 12.3 Å². The molecule has 1 heterocycles. The summed E-state index contributed by atoms with van der Waals surface area (Å²) in [5.74, 6) is -0.175. The molecule has 1 aliphatic rings. The van der Waals surface area contributed by atoms with Crippen molar-refractivity contribution in [3.63, 3.8) is 0 Å². The molecule has 0 bridgehead atoms. The van der Waals surface area contributed by atoms with E-state index in [2.05, 4.69) is 4.99 Å². The highest BCUT2D eigenvalue weighted by Crippen LogP contribution is 2.14. The minimum Gasteiger partial charge on any atom is -0.289 e. The van der Waals surface area contributed by atoms with Gasteiger partial charge in [0.15, 0.2) is 0 Å². The number of aliphatic imine (C=N–C) groups is 1. The first-order valence-electron chi connectivity index (χ1n) is 4.65. The maximum Gasteiger partial charge on any atom is 0.123 e. The lowest BCUT2D eigenvalue weighted by atomic mass is 10.0. The van der Waals surface area contributed by atoms with Gasteiger partial charge in [0.05, 0.1) is 0 Å². The van der Waals surface area contributed by atoms with Crippen molar-refractivity contribution in [2.75, 3.05) is 6.54 Å². The average molecular weight is 177 g/mol. The van der Waals surface area contributed by atoms with E-state index in [-0.39, 0.29) is 5.82 Å². The summed E-state index contributed by atoms with van der Waals surface area (Å²) in [5.41, 5.74) is 2.01. The third-order valence-electron chi connectivity index (χ3n) is 2.28. The molecule has 1 nitrogen and oxygen atoms in total. The maximum atomic E-state index is 12.9. The van der Waals surface area contributed by atoms with Gasteiger partial charge in [-0.1, -0.05) is 12.1 Å². The summed E-state index contributed by atoms with van der Waals surface area (Å²) >= 11 is 0. The molecule has 0 saturated heterocycles. The smallest absolute Gasteiger partial charge is 0.123 e. The molecule has 0 radical (unpaired) electrons. The molecule has 13 heavy (non-hydrogen) atoms. The first-order chi connectivity index (χ1) is 6.36. The summed E-state index contributed by atoms with van der Waals surface area (Å²) in [6.45, 7) is 0.895. The molecule has 0 unspecified atom stereocenters. The van der Waals surface area contributed by atoms with Gasteiger partial charge in [0.2, 0.25) is 0 Å². The van der Waals surface area contributed by atoms with Crippen LogP contribution in [0.1, 0.15) is 24.8 Å². The topological polar surface area (TPSA) is 12.4 Å². The summed E-state index contributed by atoms with van der Waals surface area (Å²) < 4.78 is 12.9. The Labute approximate surface area is 77.3 Å². The van der Waals surface area contributed by atoms with Crippen LogP contribution >= 0.6 is 0 Å². The molecule has 2 heteroatoms. The fraction of sp³-hybridized carbons (Fsp3) is 0.364. The van der Waals surface area contributed by atoms with Crippen molar-refractivity contribution in [2.24, 2.45) is 4.99 Å². The molecule has 0 saturated carbocycles. The molecule has 2 rings (SSSR count). The van der Waals surface area contributed by atoms with E-state index in [1.807, 2.05) is 6.07 Å². The maximum absolute atomic E-state index is 12.9. The SMILES string of the molecule is Fc1cccc(C2=NCCCC2)c1. The average Bonchev–Trinajstić information content (AvgIpc) is 2.19. The number of rotatable bonds is 1. The van der Waals surface area contributed by atoms with Gasteiger partial charge in [0.25, 0.3) is 0 Å². The Morgan fingerprint density at radius 1 is 1.23 bits per heavy atom. The molecule has 1 aromatic carbocycles. The minimum atomic E-state index is -0.175. The summed E-state index contributed by atoms with van der Waals surface area (Å²) in [6.07, 6.45) is 3.33. The lowest BCUT2D eigenvalue weighted by Gasteiger charge is -2.11. The lowest BCUT2D eigenvalue weighted by Crippen LogP contribution is -2.07. The zero-order valence-corrected chi connectivity index (χ0v) is 7.46. The summed E-state index contributed by atoms with van der Waals surface area (Å²) in [6, 6.07) is 6.69. The number of hydrogen-bond acceptors (Lipinski definition) is 1. The number of nitrogens with zero attached hydrogens (tertiary/aromatic N) is 1. The van der Waals surface area contributed by atoms with Crippen LogP contribution in [0.4, 0.5) is 4.39 Å². The first-order valence-corrected chi connectivity index (χ1v) is 4.65. The Balaban J connectivity index is 2.29. The van der Waals surface area contributed by atoms with Crippen molar-refractivity contribution in [3.05, 3.63) is 35.6 Å². The molecule has 0 atom stereocenters. The molecule has 0 amide bonds. The van der Waals surface area contributed by atoms with Crippen molar-refractivity contribution in [1.82, 2.24) is 0 Å². The van der Waals surface area contributed by atoms with Gasteiger partial charge in [0, 0.05) is 12.3 Å². The Bertz CT molecular complexity index is 331. The number of benzene rings is 1. The second-order valence-electron chi connectivity index (χ2n) is 3.30. The summed E-state index contributed by atoms with van der Waals surface area (Å²) in [5, 5.41) is 0. The van der Waals surface area contributed by atoms with Crippen LogP contribution in [0.5, 0.6) is 0 Å². The number of hydrogen-bond donors (Lipinski definition) is 0. The van der Waals surface area contributed by atoms with Gasteiger partial charge < -0.3 is 0 Å². The fourth-order valence-electron chi connectivity index (χ4n) is 1.60. The molecule has 0 N–H and O–H groups in total. The van der Waals surface area contributed by atoms with Crippen LogP contribution in [0, 0.1) is 5.82 Å². The Morgan fingerprint density at radius 2 is 2.15 bits per heavy atom. The van der Waals surface area contributed by atoms with E-state index in [1.54, 1.807) is 12.1 Å². The van der Waals surface area contributed by atoms with Crippen LogP contribution in [0.3, 0.4) is 0 Å². The second kappa shape index (κ2) is 3.69. The highest BCUT2D eigenvalue weighted by Gasteiger charge is 2.07. The second-order valence-corrected chi connectivity index (χ2v) is 3.30. The van der Waals surface area contributed by atoms with Crippen LogP contribution in [-0.2, 0) is 0 Å². The Kier molecular flexibility index (Phi) is 2.39. The van der Waals surface area contributed by atoms with Gasteiger partial charge in [-0.15, -0.1) is 0 Å². The fourth-order valence-corrected chi connectivity index (χ4v) is 1.60. The Morgan fingerprint density at radius 3 is 2.85 bits per heavy atom. The monoisotopic (exact) mass is 177 g/mol. The zero-order chi connectivity index (χ0) is 9.10. The molecule has 0 aliphatic carbocycles. The predicted molar refractivity (Wildman–Crippen MR) is 51.7 cm³/mol. The summed E-state index contributed by atoms with van der Waals surface area (Å²) in [7, 11) is 0. The first kappa shape index (κ1) is 8.42. The van der Waals surface area contributed by atoms with Gasteiger partial charge in [-0.25, -0.2) is 4.39 Å². The van der Waals surface area contributed by atoms with Crippen molar-refractivity contribution in [1.29, 1.82) is 0 Å². The van der Waals surface area contributed by atoms with Crippen LogP contribution in [0.25, 0.3) is 0 Å². The largest absolute Gasteiger partial charge is 0.289 e. The van der Waals surface area contributed by atoms with E-state index < -0.39 is 0 Å². The van der Waals surface area contributed by atoms with Gasteiger partial charge in [-0.2, -0.15) is 0 Å². The molecule has 68 valence electrons. The molecule has 0 spiro atoms. The standard InChI is InChI=1S/C11H12FN/c12-10-5-3-4-9(8-10)11-6-1-2-7-13-11/h3-5,8H,1-2,6-7H2. The number of halogens is 1. The van der Waals surface area contributed by atoms with Gasteiger partial charge in [-0.3, -0.25) is 4.99 Å². The lowest BCUT2D eigenvalue weighted by molar-refractivity contribution is 0.627. The zero-order valence-electron chi connectivity index (χ0n) is 7.46. The molecule has 1 aromatic rings. The molecule has 0 fully saturated rings. The molecule has 0 aromatic heterocycles. The van der Waals surface area contributed by atoms with E-state index in [9.17, 15) is 4.39 Å². The van der Waals surface area contributed by atoms with Gasteiger partial charge in [0.1, 0.15) is 5.82 Å². The predicted octanol–water partition coefficient (Wildman–Crippen LogP) is 2.80. The van der Waals surface area contributed by atoms with E-state index >= 15 is 0 Å². The van der Waals surface area contributed by atoms with Crippen molar-refractivity contribution < 1.29 is 4.39 Å². The van der Waals surface area contributed by atoms with E-state index in [1.165, 1.54) is 18.9 Å². The van der Waals surface area contributed by atoms with E-state index in [4.69, 9.17) is 0 Å². The van der Waals surface area contributed by atoms with Gasteiger partial charge in [-0.05, 0) is 37.0 Å². The Hall–Kier alpha value is -1.18. The third kappa shape index (κ3) is 1.94. The molecule has 1 aliphatic heterocycles. The van der Waals surface area contributed by atoms with E-state index in [0.717, 1.165) is 24.2 Å². The van der Waals surface area contributed by atoms with Crippen LogP contribution < -0.4 is 0 Å².